The van der Waals surface area contributed by atoms with Crippen LogP contribution in [0.1, 0.15) is 12.8 Å². The highest BCUT2D eigenvalue weighted by Crippen LogP contribution is 2.25. The summed E-state index contributed by atoms with van der Waals surface area (Å²) in [5, 5.41) is 0.807. The lowest BCUT2D eigenvalue weighted by atomic mass is 9.95. The lowest BCUT2D eigenvalue weighted by Gasteiger charge is -2.35. The molecular formula is C15H22N4OS2. The van der Waals surface area contributed by atoms with Crippen LogP contribution in [0.5, 0.6) is 0 Å². The van der Waals surface area contributed by atoms with E-state index in [1.54, 1.807) is 11.8 Å². The first kappa shape index (κ1) is 15.9. The zero-order valence-electron chi connectivity index (χ0n) is 12.9. The molecule has 0 bridgehead atoms. The number of rotatable bonds is 3. The van der Waals surface area contributed by atoms with Crippen molar-refractivity contribution in [2.45, 2.75) is 18.0 Å². The normalized spacial score (nSPS) is 20.2. The van der Waals surface area contributed by atoms with Crippen LogP contribution in [0.4, 0.5) is 5.82 Å². The summed E-state index contributed by atoms with van der Waals surface area (Å²) < 4.78 is 0. The number of nitrogens with zero attached hydrogens (tertiary/aromatic N) is 4. The molecule has 0 atom stereocenters. The molecule has 120 valence electrons. The van der Waals surface area contributed by atoms with Gasteiger partial charge in [0.15, 0.2) is 5.16 Å². The van der Waals surface area contributed by atoms with Gasteiger partial charge in [0.2, 0.25) is 5.91 Å². The Morgan fingerprint density at radius 3 is 2.68 bits per heavy atom. The number of hydrogen-bond acceptors (Lipinski definition) is 6. The molecule has 0 unspecified atom stereocenters. The molecule has 0 saturated carbocycles. The summed E-state index contributed by atoms with van der Waals surface area (Å²) in [4.78, 5) is 25.7. The van der Waals surface area contributed by atoms with Crippen molar-refractivity contribution in [1.82, 2.24) is 14.9 Å². The number of amides is 1. The van der Waals surface area contributed by atoms with E-state index in [9.17, 15) is 4.79 Å². The van der Waals surface area contributed by atoms with Crippen LogP contribution in [0.3, 0.4) is 0 Å². The van der Waals surface area contributed by atoms with Crippen molar-refractivity contribution in [2.75, 3.05) is 48.8 Å². The lowest BCUT2D eigenvalue weighted by Crippen LogP contribution is -2.45. The standard InChI is InChI=1S/C15H22N4OS2/c1-21-15-16-5-2-13(17-15)18-6-3-12(4-7-18)14(20)19-8-10-22-11-9-19/h2,5,12H,3-4,6-11H2,1H3. The van der Waals surface area contributed by atoms with Gasteiger partial charge in [-0.3, -0.25) is 4.79 Å². The van der Waals surface area contributed by atoms with Crippen molar-refractivity contribution in [1.29, 1.82) is 0 Å². The highest BCUT2D eigenvalue weighted by atomic mass is 32.2. The number of thioether (sulfide) groups is 2. The maximum atomic E-state index is 12.6. The van der Waals surface area contributed by atoms with E-state index in [2.05, 4.69) is 19.8 Å². The molecule has 7 heteroatoms. The van der Waals surface area contributed by atoms with Crippen LogP contribution in [0.25, 0.3) is 0 Å². The van der Waals surface area contributed by atoms with Gasteiger partial charge in [0.25, 0.3) is 0 Å². The van der Waals surface area contributed by atoms with Gasteiger partial charge in [0, 0.05) is 49.8 Å². The van der Waals surface area contributed by atoms with Crippen LogP contribution in [0, 0.1) is 5.92 Å². The Labute approximate surface area is 140 Å². The van der Waals surface area contributed by atoms with Crippen molar-refractivity contribution >= 4 is 35.2 Å². The van der Waals surface area contributed by atoms with Gasteiger partial charge in [-0.2, -0.15) is 11.8 Å². The number of piperidine rings is 1. The molecule has 1 aromatic heterocycles. The van der Waals surface area contributed by atoms with E-state index in [0.29, 0.717) is 5.91 Å². The minimum Gasteiger partial charge on any atom is -0.356 e. The molecule has 22 heavy (non-hydrogen) atoms. The van der Waals surface area contributed by atoms with E-state index in [0.717, 1.165) is 61.5 Å². The molecule has 0 spiro atoms. The Kier molecular flexibility index (Phi) is 5.46. The minimum absolute atomic E-state index is 0.196. The van der Waals surface area contributed by atoms with Crippen LogP contribution in [-0.2, 0) is 4.79 Å². The van der Waals surface area contributed by atoms with Crippen molar-refractivity contribution in [2.24, 2.45) is 5.92 Å². The first-order chi connectivity index (χ1) is 10.8. The van der Waals surface area contributed by atoms with Gasteiger partial charge in [-0.15, -0.1) is 0 Å². The van der Waals surface area contributed by atoms with Crippen LogP contribution in [-0.4, -0.2) is 64.7 Å². The fourth-order valence-electron chi connectivity index (χ4n) is 3.00. The molecule has 1 aromatic rings. The molecule has 2 saturated heterocycles. The molecule has 2 aliphatic rings. The summed E-state index contributed by atoms with van der Waals surface area (Å²) in [6, 6.07) is 1.96. The van der Waals surface area contributed by atoms with Crippen LogP contribution in [0.2, 0.25) is 0 Å². The zero-order valence-corrected chi connectivity index (χ0v) is 14.5. The van der Waals surface area contributed by atoms with Crippen molar-refractivity contribution in [3.63, 3.8) is 0 Å². The summed E-state index contributed by atoms with van der Waals surface area (Å²) in [6.45, 7) is 3.66. The molecule has 0 aromatic carbocycles. The summed E-state index contributed by atoms with van der Waals surface area (Å²) in [5.41, 5.74) is 0. The van der Waals surface area contributed by atoms with E-state index in [4.69, 9.17) is 0 Å². The van der Waals surface area contributed by atoms with E-state index < -0.39 is 0 Å². The average Bonchev–Trinajstić information content (AvgIpc) is 2.62. The predicted molar refractivity (Wildman–Crippen MR) is 92.7 cm³/mol. The van der Waals surface area contributed by atoms with E-state index >= 15 is 0 Å². The van der Waals surface area contributed by atoms with Gasteiger partial charge in [-0.25, -0.2) is 9.97 Å². The number of hydrogen-bond donors (Lipinski definition) is 0. The Morgan fingerprint density at radius 1 is 1.27 bits per heavy atom. The SMILES string of the molecule is CSc1nccc(N2CCC(C(=O)N3CCSCC3)CC2)n1. The molecule has 2 aliphatic heterocycles. The van der Waals surface area contributed by atoms with Crippen LogP contribution in [0.15, 0.2) is 17.4 Å². The summed E-state index contributed by atoms with van der Waals surface area (Å²) in [7, 11) is 0. The molecule has 2 fully saturated rings. The summed E-state index contributed by atoms with van der Waals surface area (Å²) in [5.74, 6) is 3.72. The van der Waals surface area contributed by atoms with Gasteiger partial charge in [0.05, 0.1) is 0 Å². The molecule has 0 aliphatic carbocycles. The predicted octanol–water partition coefficient (Wildman–Crippen LogP) is 1.99. The number of carbonyl (C=O) groups excluding carboxylic acids is 1. The topological polar surface area (TPSA) is 49.3 Å². The largest absolute Gasteiger partial charge is 0.356 e. The highest BCUT2D eigenvalue weighted by Gasteiger charge is 2.29. The second-order valence-electron chi connectivity index (χ2n) is 5.60. The first-order valence-electron chi connectivity index (χ1n) is 7.76. The van der Waals surface area contributed by atoms with Crippen LogP contribution < -0.4 is 4.90 Å². The van der Waals surface area contributed by atoms with Crippen molar-refractivity contribution in [3.05, 3.63) is 12.3 Å². The number of anilines is 1. The quantitative estimate of drug-likeness (QED) is 0.620. The Hall–Kier alpha value is -0.950. The van der Waals surface area contributed by atoms with Crippen molar-refractivity contribution in [3.8, 4) is 0 Å². The number of carbonyl (C=O) groups is 1. The average molecular weight is 339 g/mol. The Bertz CT molecular complexity index is 514. The lowest BCUT2D eigenvalue weighted by molar-refractivity contribution is -0.135. The second kappa shape index (κ2) is 7.55. The third kappa shape index (κ3) is 3.68. The molecule has 3 rings (SSSR count). The third-order valence-corrected chi connectivity index (χ3v) is 5.80. The van der Waals surface area contributed by atoms with Gasteiger partial charge in [-0.05, 0) is 25.2 Å². The molecule has 5 nitrogen and oxygen atoms in total. The van der Waals surface area contributed by atoms with E-state index in [-0.39, 0.29) is 5.92 Å². The fraction of sp³-hybridized carbons (Fsp3) is 0.667. The monoisotopic (exact) mass is 338 g/mol. The van der Waals surface area contributed by atoms with E-state index in [1.807, 2.05) is 30.3 Å². The fourth-order valence-corrected chi connectivity index (χ4v) is 4.26. The molecule has 3 heterocycles. The zero-order chi connectivity index (χ0) is 15.4. The van der Waals surface area contributed by atoms with Crippen LogP contribution >= 0.6 is 23.5 Å². The first-order valence-corrected chi connectivity index (χ1v) is 10.1. The molecular weight excluding hydrogens is 316 g/mol. The molecule has 1 amide bonds. The Balaban J connectivity index is 1.56. The van der Waals surface area contributed by atoms with Gasteiger partial charge >= 0.3 is 0 Å². The summed E-state index contributed by atoms with van der Waals surface area (Å²) in [6.07, 6.45) is 5.67. The molecule has 0 radical (unpaired) electrons. The number of aromatic nitrogens is 2. The maximum Gasteiger partial charge on any atom is 0.225 e. The van der Waals surface area contributed by atoms with Gasteiger partial charge in [0.1, 0.15) is 5.82 Å². The third-order valence-electron chi connectivity index (χ3n) is 4.29. The smallest absolute Gasteiger partial charge is 0.225 e. The second-order valence-corrected chi connectivity index (χ2v) is 7.60. The minimum atomic E-state index is 0.196. The van der Waals surface area contributed by atoms with E-state index in [1.165, 1.54) is 0 Å². The summed E-state index contributed by atoms with van der Waals surface area (Å²) >= 11 is 3.51. The van der Waals surface area contributed by atoms with Gasteiger partial charge in [-0.1, -0.05) is 11.8 Å². The maximum absolute atomic E-state index is 12.6. The van der Waals surface area contributed by atoms with Crippen molar-refractivity contribution < 1.29 is 4.79 Å². The highest BCUT2D eigenvalue weighted by molar-refractivity contribution is 7.99. The Morgan fingerprint density at radius 2 is 2.00 bits per heavy atom. The molecule has 0 N–H and O–H groups in total. The van der Waals surface area contributed by atoms with Gasteiger partial charge < -0.3 is 9.80 Å².